The maximum atomic E-state index is 9.70. The summed E-state index contributed by atoms with van der Waals surface area (Å²) in [5, 5.41) is 13.0. The van der Waals surface area contributed by atoms with Gasteiger partial charge in [-0.2, -0.15) is 0 Å². The van der Waals surface area contributed by atoms with E-state index in [2.05, 4.69) is 18.3 Å². The molecule has 0 radical (unpaired) electrons. The Morgan fingerprint density at radius 2 is 1.94 bits per heavy atom. The summed E-state index contributed by atoms with van der Waals surface area (Å²) in [6.45, 7) is 10.3. The van der Waals surface area contributed by atoms with E-state index in [0.29, 0.717) is 6.54 Å². The lowest BCUT2D eigenvalue weighted by molar-refractivity contribution is 0.0770. The van der Waals surface area contributed by atoms with Gasteiger partial charge in [-0.3, -0.25) is 0 Å². The lowest BCUT2D eigenvalue weighted by Gasteiger charge is -2.22. The molecule has 0 spiro atoms. The fourth-order valence-corrected chi connectivity index (χ4v) is 1.65. The highest BCUT2D eigenvalue weighted by Gasteiger charge is 2.14. The largest absolute Gasteiger partial charge is 0.491 e. The first kappa shape index (κ1) is 15.0. The van der Waals surface area contributed by atoms with Gasteiger partial charge in [-0.1, -0.05) is 12.1 Å². The highest BCUT2D eigenvalue weighted by molar-refractivity contribution is 5.30. The monoisotopic (exact) mass is 251 g/mol. The van der Waals surface area contributed by atoms with Gasteiger partial charge in [-0.15, -0.1) is 0 Å². The van der Waals surface area contributed by atoms with Crippen LogP contribution < -0.4 is 10.1 Å². The first-order valence-corrected chi connectivity index (χ1v) is 6.50. The smallest absolute Gasteiger partial charge is 0.120 e. The van der Waals surface area contributed by atoms with Crippen LogP contribution in [-0.4, -0.2) is 23.4 Å². The van der Waals surface area contributed by atoms with Crippen LogP contribution >= 0.6 is 0 Å². The highest BCUT2D eigenvalue weighted by Crippen LogP contribution is 2.20. The van der Waals surface area contributed by atoms with Gasteiger partial charge < -0.3 is 15.2 Å². The molecule has 0 heterocycles. The maximum absolute atomic E-state index is 9.70. The van der Waals surface area contributed by atoms with Gasteiger partial charge >= 0.3 is 0 Å². The Hall–Kier alpha value is -1.06. The third-order valence-corrected chi connectivity index (χ3v) is 2.57. The Labute approximate surface area is 110 Å². The molecule has 1 aromatic rings. The average molecular weight is 251 g/mol. The van der Waals surface area contributed by atoms with Crippen molar-refractivity contribution in [2.45, 2.75) is 52.4 Å². The van der Waals surface area contributed by atoms with E-state index in [-0.39, 0.29) is 12.1 Å². The normalized spacial score (nSPS) is 13.7. The molecule has 0 saturated heterocycles. The molecule has 102 valence electrons. The molecule has 1 aromatic carbocycles. The summed E-state index contributed by atoms with van der Waals surface area (Å²) in [5.74, 6) is 0.888. The third kappa shape index (κ3) is 5.52. The van der Waals surface area contributed by atoms with Crippen molar-refractivity contribution >= 4 is 0 Å². The zero-order valence-electron chi connectivity index (χ0n) is 12.0. The number of hydrogen-bond donors (Lipinski definition) is 2. The maximum Gasteiger partial charge on any atom is 0.120 e. The van der Waals surface area contributed by atoms with Crippen molar-refractivity contribution in [3.05, 3.63) is 29.8 Å². The van der Waals surface area contributed by atoms with E-state index in [1.165, 1.54) is 0 Å². The predicted octanol–water partition coefficient (Wildman–Crippen LogP) is 2.90. The number of rotatable bonds is 6. The van der Waals surface area contributed by atoms with Crippen LogP contribution in [0.4, 0.5) is 0 Å². The molecule has 1 unspecified atom stereocenters. The second kappa shape index (κ2) is 6.21. The van der Waals surface area contributed by atoms with Crippen LogP contribution in [0.5, 0.6) is 5.75 Å². The van der Waals surface area contributed by atoms with E-state index in [4.69, 9.17) is 4.74 Å². The molecule has 0 bridgehead atoms. The number of hydrogen-bond acceptors (Lipinski definition) is 3. The van der Waals surface area contributed by atoms with Gasteiger partial charge in [0.25, 0.3) is 0 Å². The van der Waals surface area contributed by atoms with Gasteiger partial charge in [0, 0.05) is 12.6 Å². The molecule has 0 fully saturated rings. The summed E-state index contributed by atoms with van der Waals surface area (Å²) in [7, 11) is 0. The van der Waals surface area contributed by atoms with Crippen molar-refractivity contribution < 1.29 is 9.84 Å². The Morgan fingerprint density at radius 1 is 1.28 bits per heavy atom. The summed E-state index contributed by atoms with van der Waals surface area (Å²) in [6, 6.07) is 8.26. The Bertz CT molecular complexity index is 369. The summed E-state index contributed by atoms with van der Waals surface area (Å²) < 4.78 is 5.67. The minimum Gasteiger partial charge on any atom is -0.491 e. The Morgan fingerprint density at radius 3 is 2.50 bits per heavy atom. The quantitative estimate of drug-likeness (QED) is 0.817. The van der Waals surface area contributed by atoms with Crippen molar-refractivity contribution in [3.63, 3.8) is 0 Å². The predicted molar refractivity (Wildman–Crippen MR) is 74.9 cm³/mol. The van der Waals surface area contributed by atoms with E-state index >= 15 is 0 Å². The van der Waals surface area contributed by atoms with Crippen molar-refractivity contribution in [1.29, 1.82) is 0 Å². The molecule has 3 heteroatoms. The Kier molecular flexibility index (Phi) is 5.17. The van der Waals surface area contributed by atoms with Crippen LogP contribution in [0.25, 0.3) is 0 Å². The van der Waals surface area contributed by atoms with Crippen molar-refractivity contribution in [2.75, 3.05) is 6.54 Å². The van der Waals surface area contributed by atoms with E-state index in [1.807, 2.05) is 32.0 Å². The lowest BCUT2D eigenvalue weighted by Crippen LogP contribution is -2.36. The van der Waals surface area contributed by atoms with Gasteiger partial charge in [0.15, 0.2) is 0 Å². The summed E-state index contributed by atoms with van der Waals surface area (Å²) >= 11 is 0. The molecule has 2 N–H and O–H groups in total. The minimum atomic E-state index is -0.694. The van der Waals surface area contributed by atoms with Gasteiger partial charge in [0.05, 0.1) is 11.7 Å². The van der Waals surface area contributed by atoms with Gasteiger partial charge in [0.1, 0.15) is 5.75 Å². The van der Waals surface area contributed by atoms with Crippen LogP contribution in [0.3, 0.4) is 0 Å². The molecule has 0 aromatic heterocycles. The molecule has 0 amide bonds. The van der Waals surface area contributed by atoms with Crippen molar-refractivity contribution in [1.82, 2.24) is 5.32 Å². The fraction of sp³-hybridized carbons (Fsp3) is 0.600. The highest BCUT2D eigenvalue weighted by atomic mass is 16.5. The minimum absolute atomic E-state index is 0.180. The van der Waals surface area contributed by atoms with Crippen LogP contribution in [0.15, 0.2) is 24.3 Å². The van der Waals surface area contributed by atoms with Crippen LogP contribution in [0, 0.1) is 0 Å². The van der Waals surface area contributed by atoms with E-state index in [1.54, 1.807) is 13.8 Å². The second-order valence-electron chi connectivity index (χ2n) is 5.65. The van der Waals surface area contributed by atoms with Crippen LogP contribution in [-0.2, 0) is 0 Å². The number of benzene rings is 1. The average Bonchev–Trinajstić information content (AvgIpc) is 2.24. The molecular formula is C15H25NO2. The number of nitrogens with one attached hydrogen (secondary N) is 1. The molecule has 0 aliphatic heterocycles. The fourth-order valence-electron chi connectivity index (χ4n) is 1.65. The molecule has 1 rings (SSSR count). The van der Waals surface area contributed by atoms with Gasteiger partial charge in [-0.25, -0.2) is 0 Å². The second-order valence-corrected chi connectivity index (χ2v) is 5.65. The van der Waals surface area contributed by atoms with Crippen LogP contribution in [0.2, 0.25) is 0 Å². The van der Waals surface area contributed by atoms with E-state index in [9.17, 15) is 5.11 Å². The summed E-state index contributed by atoms with van der Waals surface area (Å²) in [5.41, 5.74) is 0.470. The lowest BCUT2D eigenvalue weighted by atomic mass is 10.1. The molecule has 0 aliphatic carbocycles. The van der Waals surface area contributed by atoms with Crippen molar-refractivity contribution in [3.8, 4) is 5.75 Å². The van der Waals surface area contributed by atoms with E-state index < -0.39 is 5.60 Å². The van der Waals surface area contributed by atoms with Gasteiger partial charge in [0.2, 0.25) is 0 Å². The topological polar surface area (TPSA) is 41.5 Å². The van der Waals surface area contributed by atoms with Gasteiger partial charge in [-0.05, 0) is 52.3 Å². The standard InChI is InChI=1S/C15H25NO2/c1-11(2)18-14-8-6-7-13(9-14)12(3)16-10-15(4,5)17/h6-9,11-12,16-17H,10H2,1-5H3. The SMILES string of the molecule is CC(C)Oc1cccc(C(C)NCC(C)(C)O)c1. The molecule has 0 aliphatic rings. The number of aliphatic hydroxyl groups is 1. The Balaban J connectivity index is 2.65. The summed E-state index contributed by atoms with van der Waals surface area (Å²) in [6.07, 6.45) is 0.180. The summed E-state index contributed by atoms with van der Waals surface area (Å²) in [4.78, 5) is 0. The molecule has 1 atom stereocenters. The third-order valence-electron chi connectivity index (χ3n) is 2.57. The first-order chi connectivity index (χ1) is 8.28. The molecule has 3 nitrogen and oxygen atoms in total. The zero-order chi connectivity index (χ0) is 13.8. The molecule has 18 heavy (non-hydrogen) atoms. The number of ether oxygens (including phenoxy) is 1. The van der Waals surface area contributed by atoms with Crippen LogP contribution in [0.1, 0.15) is 46.2 Å². The molecular weight excluding hydrogens is 226 g/mol. The van der Waals surface area contributed by atoms with Crippen molar-refractivity contribution in [2.24, 2.45) is 0 Å². The van der Waals surface area contributed by atoms with E-state index in [0.717, 1.165) is 11.3 Å². The first-order valence-electron chi connectivity index (χ1n) is 6.50. The zero-order valence-corrected chi connectivity index (χ0v) is 12.0. The molecule has 0 saturated carbocycles.